The number of halogens is 1. The van der Waals surface area contributed by atoms with Gasteiger partial charge in [0, 0.05) is 12.1 Å². The highest BCUT2D eigenvalue weighted by molar-refractivity contribution is 9.10. The molecule has 0 aliphatic heterocycles. The van der Waals surface area contributed by atoms with Gasteiger partial charge in [0.2, 0.25) is 5.91 Å². The standard InChI is InChI=1S/C23H28BrNO4/c1-3-5-13-29-23(27)18-8-6-9-19(16-18)25-22(26)10-7-14-28-21-12-11-17(4-2)15-20(21)24/h6,8-9,11-12,15-16H,3-5,7,10,13-14H2,1-2H3,(H,25,26). The van der Waals surface area contributed by atoms with Crippen LogP contribution in [0.15, 0.2) is 46.9 Å². The molecule has 0 saturated carbocycles. The summed E-state index contributed by atoms with van der Waals surface area (Å²) in [5.74, 6) is 0.282. The van der Waals surface area contributed by atoms with Crippen LogP contribution in [0, 0.1) is 0 Å². The van der Waals surface area contributed by atoms with Gasteiger partial charge in [-0.2, -0.15) is 0 Å². The largest absolute Gasteiger partial charge is 0.492 e. The van der Waals surface area contributed by atoms with Gasteiger partial charge in [0.15, 0.2) is 0 Å². The van der Waals surface area contributed by atoms with Crippen LogP contribution >= 0.6 is 15.9 Å². The lowest BCUT2D eigenvalue weighted by Crippen LogP contribution is -2.13. The Balaban J connectivity index is 1.76. The van der Waals surface area contributed by atoms with Crippen LogP contribution < -0.4 is 10.1 Å². The normalized spacial score (nSPS) is 10.4. The average molecular weight is 462 g/mol. The predicted molar refractivity (Wildman–Crippen MR) is 119 cm³/mol. The molecule has 0 aliphatic carbocycles. The second-order valence-electron chi connectivity index (χ2n) is 6.69. The number of anilines is 1. The fourth-order valence-electron chi connectivity index (χ4n) is 2.64. The second-order valence-corrected chi connectivity index (χ2v) is 7.54. The Morgan fingerprint density at radius 2 is 1.86 bits per heavy atom. The maximum Gasteiger partial charge on any atom is 0.338 e. The van der Waals surface area contributed by atoms with Gasteiger partial charge < -0.3 is 14.8 Å². The van der Waals surface area contributed by atoms with E-state index in [9.17, 15) is 9.59 Å². The number of amides is 1. The zero-order valence-electron chi connectivity index (χ0n) is 17.0. The maximum absolute atomic E-state index is 12.2. The number of carbonyl (C=O) groups is 2. The molecule has 0 saturated heterocycles. The lowest BCUT2D eigenvalue weighted by Gasteiger charge is -2.10. The van der Waals surface area contributed by atoms with E-state index in [1.807, 2.05) is 25.1 Å². The zero-order valence-corrected chi connectivity index (χ0v) is 18.6. The van der Waals surface area contributed by atoms with E-state index in [0.29, 0.717) is 37.3 Å². The van der Waals surface area contributed by atoms with Crippen molar-refractivity contribution >= 4 is 33.5 Å². The van der Waals surface area contributed by atoms with E-state index in [1.54, 1.807) is 24.3 Å². The van der Waals surface area contributed by atoms with E-state index in [4.69, 9.17) is 9.47 Å². The van der Waals surface area contributed by atoms with Crippen molar-refractivity contribution in [2.24, 2.45) is 0 Å². The van der Waals surface area contributed by atoms with E-state index in [-0.39, 0.29) is 11.9 Å². The molecule has 156 valence electrons. The highest BCUT2D eigenvalue weighted by atomic mass is 79.9. The first-order chi connectivity index (χ1) is 14.0. The van der Waals surface area contributed by atoms with Crippen molar-refractivity contribution in [3.8, 4) is 5.75 Å². The van der Waals surface area contributed by atoms with Gasteiger partial charge in [-0.3, -0.25) is 4.79 Å². The fourth-order valence-corrected chi connectivity index (χ4v) is 3.18. The Labute approximate surface area is 180 Å². The van der Waals surface area contributed by atoms with Crippen LogP contribution in [-0.4, -0.2) is 25.1 Å². The van der Waals surface area contributed by atoms with E-state index >= 15 is 0 Å². The summed E-state index contributed by atoms with van der Waals surface area (Å²) in [5.41, 5.74) is 2.25. The van der Waals surface area contributed by atoms with Crippen molar-refractivity contribution in [1.29, 1.82) is 0 Å². The minimum Gasteiger partial charge on any atom is -0.492 e. The van der Waals surface area contributed by atoms with Gasteiger partial charge in [-0.25, -0.2) is 4.79 Å². The first-order valence-electron chi connectivity index (χ1n) is 10.0. The van der Waals surface area contributed by atoms with Crippen LogP contribution in [0.2, 0.25) is 0 Å². The van der Waals surface area contributed by atoms with Crippen LogP contribution in [0.25, 0.3) is 0 Å². The van der Waals surface area contributed by atoms with Gasteiger partial charge in [0.1, 0.15) is 5.75 Å². The number of ether oxygens (including phenoxy) is 2. The molecular formula is C23H28BrNO4. The number of aryl methyl sites for hydroxylation is 1. The second kappa shape index (κ2) is 12.3. The van der Waals surface area contributed by atoms with Crippen molar-refractivity contribution in [1.82, 2.24) is 0 Å². The molecule has 0 unspecified atom stereocenters. The third kappa shape index (κ3) is 7.89. The molecule has 1 amide bonds. The van der Waals surface area contributed by atoms with Crippen molar-refractivity contribution in [3.63, 3.8) is 0 Å². The van der Waals surface area contributed by atoms with Crippen molar-refractivity contribution < 1.29 is 19.1 Å². The number of esters is 1. The Morgan fingerprint density at radius 1 is 1.03 bits per heavy atom. The number of nitrogens with one attached hydrogen (secondary N) is 1. The Kier molecular flexibility index (Phi) is 9.71. The van der Waals surface area contributed by atoms with Gasteiger partial charge in [0.25, 0.3) is 0 Å². The summed E-state index contributed by atoms with van der Waals surface area (Å²) in [4.78, 5) is 24.2. The summed E-state index contributed by atoms with van der Waals surface area (Å²) >= 11 is 3.51. The summed E-state index contributed by atoms with van der Waals surface area (Å²) in [6.45, 7) is 4.99. The van der Waals surface area contributed by atoms with Crippen molar-refractivity contribution in [3.05, 3.63) is 58.1 Å². The monoisotopic (exact) mass is 461 g/mol. The molecule has 0 atom stereocenters. The smallest absolute Gasteiger partial charge is 0.338 e. The number of hydrogen-bond donors (Lipinski definition) is 1. The van der Waals surface area contributed by atoms with Crippen molar-refractivity contribution in [2.45, 2.75) is 46.0 Å². The number of benzene rings is 2. The minimum atomic E-state index is -0.373. The summed E-state index contributed by atoms with van der Waals surface area (Å²) < 4.78 is 11.9. The molecule has 0 bridgehead atoms. The molecule has 0 spiro atoms. The summed E-state index contributed by atoms with van der Waals surface area (Å²) in [6.07, 6.45) is 3.69. The van der Waals surface area contributed by atoms with Gasteiger partial charge >= 0.3 is 5.97 Å². The molecule has 2 aromatic rings. The first-order valence-corrected chi connectivity index (χ1v) is 10.8. The number of rotatable bonds is 11. The molecule has 0 fully saturated rings. The van der Waals surface area contributed by atoms with Crippen LogP contribution in [0.5, 0.6) is 5.75 Å². The lowest BCUT2D eigenvalue weighted by molar-refractivity contribution is -0.116. The molecule has 29 heavy (non-hydrogen) atoms. The van der Waals surface area contributed by atoms with E-state index < -0.39 is 0 Å². The minimum absolute atomic E-state index is 0.120. The first kappa shape index (κ1) is 22.9. The third-order valence-electron chi connectivity index (χ3n) is 4.32. The lowest BCUT2D eigenvalue weighted by atomic mass is 10.2. The van der Waals surface area contributed by atoms with Crippen LogP contribution in [-0.2, 0) is 16.0 Å². The molecule has 0 radical (unpaired) electrons. The Hall–Kier alpha value is -2.34. The van der Waals surface area contributed by atoms with Crippen molar-refractivity contribution in [2.75, 3.05) is 18.5 Å². The third-order valence-corrected chi connectivity index (χ3v) is 4.94. The summed E-state index contributed by atoms with van der Waals surface area (Å²) in [6, 6.07) is 12.8. The molecule has 0 aliphatic rings. The zero-order chi connectivity index (χ0) is 21.1. The predicted octanol–water partition coefficient (Wildman–Crippen LogP) is 5.77. The molecular weight excluding hydrogens is 434 g/mol. The van der Waals surface area contributed by atoms with E-state index in [0.717, 1.165) is 29.5 Å². The highest BCUT2D eigenvalue weighted by Crippen LogP contribution is 2.26. The van der Waals surface area contributed by atoms with E-state index in [1.165, 1.54) is 5.56 Å². The molecule has 6 heteroatoms. The van der Waals surface area contributed by atoms with Crippen LogP contribution in [0.1, 0.15) is 55.5 Å². The highest BCUT2D eigenvalue weighted by Gasteiger charge is 2.09. The van der Waals surface area contributed by atoms with Gasteiger partial charge in [0.05, 0.1) is 23.2 Å². The van der Waals surface area contributed by atoms with Gasteiger partial charge in [-0.05, 0) is 71.1 Å². The average Bonchev–Trinajstić information content (AvgIpc) is 2.72. The van der Waals surface area contributed by atoms with Gasteiger partial charge in [-0.15, -0.1) is 0 Å². The Morgan fingerprint density at radius 3 is 2.59 bits per heavy atom. The molecule has 5 nitrogen and oxygen atoms in total. The molecule has 0 heterocycles. The molecule has 1 N–H and O–H groups in total. The fraction of sp³-hybridized carbons (Fsp3) is 0.391. The number of carbonyl (C=O) groups excluding carboxylic acids is 2. The SMILES string of the molecule is CCCCOC(=O)c1cccc(NC(=O)CCCOc2ccc(CC)cc2Br)c1. The number of unbranched alkanes of at least 4 members (excludes halogenated alkanes) is 1. The van der Waals surface area contributed by atoms with E-state index in [2.05, 4.69) is 28.2 Å². The summed E-state index contributed by atoms with van der Waals surface area (Å²) in [7, 11) is 0. The number of hydrogen-bond acceptors (Lipinski definition) is 4. The maximum atomic E-state index is 12.2. The molecule has 2 aromatic carbocycles. The quantitative estimate of drug-likeness (QED) is 0.340. The Bertz CT molecular complexity index is 822. The molecule has 2 rings (SSSR count). The molecule has 0 aromatic heterocycles. The van der Waals surface area contributed by atoms with Gasteiger partial charge in [-0.1, -0.05) is 32.4 Å². The van der Waals surface area contributed by atoms with Crippen LogP contribution in [0.3, 0.4) is 0 Å². The van der Waals surface area contributed by atoms with Crippen LogP contribution in [0.4, 0.5) is 5.69 Å². The summed E-state index contributed by atoms with van der Waals surface area (Å²) in [5, 5.41) is 2.82. The topological polar surface area (TPSA) is 64.6 Å².